The minimum Gasteiger partial charge on any atom is -0.123 e. The van der Waals surface area contributed by atoms with Crippen molar-refractivity contribution in [3.8, 4) is 0 Å². The van der Waals surface area contributed by atoms with Crippen LogP contribution in [0, 0.1) is 46.3 Å². The first kappa shape index (κ1) is 21.3. The van der Waals surface area contributed by atoms with E-state index >= 15 is 0 Å². The van der Waals surface area contributed by atoms with Gasteiger partial charge in [0.05, 0.1) is 0 Å². The highest BCUT2D eigenvalue weighted by atomic mass is 35.5. The number of allylic oxidation sites excluding steroid dienone is 2. The lowest BCUT2D eigenvalue weighted by Gasteiger charge is -2.58. The van der Waals surface area contributed by atoms with Gasteiger partial charge in [-0.1, -0.05) is 65.5 Å². The molecule has 0 saturated heterocycles. The van der Waals surface area contributed by atoms with Crippen LogP contribution in [-0.2, 0) is 0 Å². The molecule has 0 aromatic heterocycles. The van der Waals surface area contributed by atoms with E-state index in [0.717, 1.165) is 35.5 Å². The maximum absolute atomic E-state index is 6.56. The van der Waals surface area contributed by atoms with E-state index in [1.165, 1.54) is 70.6 Å². The Hall–Kier alpha value is 0.0300. The fraction of sp³-hybridized carbons (Fsp3) is 0.926. The van der Waals surface area contributed by atoms with Crippen LogP contribution < -0.4 is 0 Å². The summed E-state index contributed by atoms with van der Waals surface area (Å²) in [5, 5.41) is 0.396. The summed E-state index contributed by atoms with van der Waals surface area (Å²) in [6.45, 7) is 12.7. The lowest BCUT2D eigenvalue weighted by atomic mass is 9.47. The molecule has 28 heavy (non-hydrogen) atoms. The van der Waals surface area contributed by atoms with Crippen LogP contribution in [0.2, 0.25) is 0 Å². The molecule has 0 bridgehead atoms. The Labute approximate surface area is 180 Å². The summed E-state index contributed by atoms with van der Waals surface area (Å²) in [5.74, 6) is 5.62. The molecule has 0 aromatic rings. The molecule has 3 saturated carbocycles. The molecule has 4 rings (SSSR count). The van der Waals surface area contributed by atoms with Crippen LogP contribution >= 0.6 is 11.6 Å². The van der Waals surface area contributed by atoms with Gasteiger partial charge >= 0.3 is 0 Å². The second-order valence-electron chi connectivity index (χ2n) is 12.1. The van der Waals surface area contributed by atoms with E-state index in [0.29, 0.717) is 16.2 Å². The van der Waals surface area contributed by atoms with Crippen LogP contribution in [0.4, 0.5) is 0 Å². The van der Waals surface area contributed by atoms with E-state index in [-0.39, 0.29) is 0 Å². The van der Waals surface area contributed by atoms with Crippen LogP contribution in [0.1, 0.15) is 105 Å². The molecule has 0 radical (unpaired) electrons. The molecule has 0 spiro atoms. The van der Waals surface area contributed by atoms with Gasteiger partial charge in [-0.15, -0.1) is 11.6 Å². The van der Waals surface area contributed by atoms with Gasteiger partial charge in [0.25, 0.3) is 0 Å². The summed E-state index contributed by atoms with van der Waals surface area (Å²) in [6.07, 6.45) is 18.0. The molecule has 1 heteroatoms. The molecule has 0 heterocycles. The van der Waals surface area contributed by atoms with Crippen LogP contribution in [0.3, 0.4) is 0 Å². The zero-order valence-corrected chi connectivity index (χ0v) is 20.0. The molecular weight excluding hydrogens is 360 g/mol. The van der Waals surface area contributed by atoms with Gasteiger partial charge in [-0.2, -0.15) is 0 Å². The van der Waals surface area contributed by atoms with Crippen molar-refractivity contribution in [2.75, 3.05) is 0 Å². The van der Waals surface area contributed by atoms with Crippen molar-refractivity contribution < 1.29 is 0 Å². The number of halogens is 1. The first-order valence-electron chi connectivity index (χ1n) is 12.6. The lowest BCUT2D eigenvalue weighted by molar-refractivity contribution is -0.0498. The molecule has 160 valence electrons. The fourth-order valence-electron chi connectivity index (χ4n) is 8.64. The first-order valence-corrected chi connectivity index (χ1v) is 13.0. The number of hydrogen-bond acceptors (Lipinski definition) is 0. The van der Waals surface area contributed by atoms with Gasteiger partial charge in [-0.25, -0.2) is 0 Å². The van der Waals surface area contributed by atoms with E-state index in [9.17, 15) is 0 Å². The maximum Gasteiger partial charge on any atom is 0.0373 e. The van der Waals surface area contributed by atoms with Crippen molar-refractivity contribution in [1.82, 2.24) is 0 Å². The summed E-state index contributed by atoms with van der Waals surface area (Å²) < 4.78 is 0. The Morgan fingerprint density at radius 1 is 1.00 bits per heavy atom. The highest BCUT2D eigenvalue weighted by molar-refractivity contribution is 6.20. The maximum atomic E-state index is 6.56. The summed E-state index contributed by atoms with van der Waals surface area (Å²) in [6, 6.07) is 0. The molecular formula is C27H45Cl. The average Bonchev–Trinajstić information content (AvgIpc) is 2.99. The normalized spacial score (nSPS) is 46.5. The SMILES string of the molecule is CC(C)CCC[C@@H](C)[C@H]1CC[C@H]2[C@@H]3CC=C4C[C@@H](Cl)CC[C@]4(C)[C@H]3CC[C@]12C. The van der Waals surface area contributed by atoms with Crippen molar-refractivity contribution in [3.63, 3.8) is 0 Å². The van der Waals surface area contributed by atoms with Gasteiger partial charge in [0.15, 0.2) is 0 Å². The van der Waals surface area contributed by atoms with Gasteiger partial charge < -0.3 is 0 Å². The summed E-state index contributed by atoms with van der Waals surface area (Å²) in [5.41, 5.74) is 2.82. The van der Waals surface area contributed by atoms with E-state index < -0.39 is 0 Å². The van der Waals surface area contributed by atoms with Gasteiger partial charge in [-0.3, -0.25) is 0 Å². The third-order valence-corrected chi connectivity index (χ3v) is 10.6. The molecule has 3 fully saturated rings. The molecule has 0 N–H and O–H groups in total. The Morgan fingerprint density at radius 3 is 2.54 bits per heavy atom. The molecule has 4 aliphatic carbocycles. The fourth-order valence-corrected chi connectivity index (χ4v) is 8.92. The molecule has 0 aromatic carbocycles. The van der Waals surface area contributed by atoms with Gasteiger partial charge in [0.1, 0.15) is 0 Å². The third kappa shape index (κ3) is 3.52. The summed E-state index contributed by atoms with van der Waals surface area (Å²) in [7, 11) is 0. The quantitative estimate of drug-likeness (QED) is 0.317. The Morgan fingerprint density at radius 2 is 1.79 bits per heavy atom. The number of rotatable bonds is 5. The molecule has 8 atom stereocenters. The van der Waals surface area contributed by atoms with Crippen molar-refractivity contribution >= 4 is 11.6 Å². The van der Waals surface area contributed by atoms with Crippen molar-refractivity contribution in [3.05, 3.63) is 11.6 Å². The predicted molar refractivity (Wildman–Crippen MR) is 123 cm³/mol. The monoisotopic (exact) mass is 404 g/mol. The number of hydrogen-bond donors (Lipinski definition) is 0. The predicted octanol–water partition coefficient (Wildman–Crippen LogP) is 8.64. The van der Waals surface area contributed by atoms with E-state index in [2.05, 4.69) is 40.7 Å². The zero-order valence-electron chi connectivity index (χ0n) is 19.3. The molecule has 0 aliphatic heterocycles. The molecule has 0 amide bonds. The Kier molecular flexibility index (Phi) is 6.03. The highest BCUT2D eigenvalue weighted by Crippen LogP contribution is 2.67. The van der Waals surface area contributed by atoms with Gasteiger partial charge in [0.2, 0.25) is 0 Å². The topological polar surface area (TPSA) is 0 Å². The largest absolute Gasteiger partial charge is 0.123 e. The van der Waals surface area contributed by atoms with Crippen LogP contribution in [0.5, 0.6) is 0 Å². The van der Waals surface area contributed by atoms with Crippen molar-refractivity contribution in [2.24, 2.45) is 46.3 Å². The van der Waals surface area contributed by atoms with Crippen LogP contribution in [0.15, 0.2) is 11.6 Å². The van der Waals surface area contributed by atoms with E-state index in [4.69, 9.17) is 11.6 Å². The van der Waals surface area contributed by atoms with Crippen LogP contribution in [0.25, 0.3) is 0 Å². The lowest BCUT2D eigenvalue weighted by Crippen LogP contribution is -2.50. The second kappa shape index (κ2) is 7.94. The van der Waals surface area contributed by atoms with E-state index in [1.807, 2.05) is 0 Å². The van der Waals surface area contributed by atoms with E-state index in [1.54, 1.807) is 5.57 Å². The Bertz CT molecular complexity index is 591. The number of fused-ring (bicyclic) bond motifs is 5. The minimum absolute atomic E-state index is 0.396. The number of alkyl halides is 1. The molecule has 4 aliphatic rings. The first-order chi connectivity index (χ1) is 13.3. The highest BCUT2D eigenvalue weighted by Gasteiger charge is 2.58. The molecule has 0 nitrogen and oxygen atoms in total. The smallest absolute Gasteiger partial charge is 0.0373 e. The van der Waals surface area contributed by atoms with Gasteiger partial charge in [0, 0.05) is 5.38 Å². The van der Waals surface area contributed by atoms with Crippen LogP contribution in [-0.4, -0.2) is 5.38 Å². The zero-order chi connectivity index (χ0) is 20.1. The third-order valence-electron chi connectivity index (χ3n) is 10.2. The summed E-state index contributed by atoms with van der Waals surface area (Å²) in [4.78, 5) is 0. The van der Waals surface area contributed by atoms with Crippen molar-refractivity contribution in [1.29, 1.82) is 0 Å². The van der Waals surface area contributed by atoms with Gasteiger partial charge in [-0.05, 0) is 97.7 Å². The summed E-state index contributed by atoms with van der Waals surface area (Å²) >= 11 is 6.56. The molecule has 0 unspecified atom stereocenters. The Balaban J connectivity index is 1.49. The second-order valence-corrected chi connectivity index (χ2v) is 12.7. The standard InChI is InChI=1S/C27H45Cl/c1-18(2)7-6-8-19(3)23-11-12-24-22-10-9-20-17-21(28)13-15-26(20,4)25(22)14-16-27(23,24)5/h9,18-19,21-25H,6-8,10-17H2,1-5H3/t19-,21+,22+,23-,24+,25+,26+,27-/m1/s1. The average molecular weight is 405 g/mol. The minimum atomic E-state index is 0.396. The van der Waals surface area contributed by atoms with Crippen molar-refractivity contribution in [2.45, 2.75) is 111 Å².